The van der Waals surface area contributed by atoms with Crippen molar-refractivity contribution >= 4 is 6.21 Å². The molecule has 0 spiro atoms. The van der Waals surface area contributed by atoms with Crippen molar-refractivity contribution in [1.29, 1.82) is 0 Å². The van der Waals surface area contributed by atoms with E-state index in [1.54, 1.807) is 0 Å². The molecule has 2 fully saturated rings. The molecule has 2 nitrogen and oxygen atoms in total. The molecule has 2 heteroatoms. The van der Waals surface area contributed by atoms with Gasteiger partial charge < -0.3 is 0 Å². The minimum atomic E-state index is 0.567. The van der Waals surface area contributed by atoms with Crippen LogP contribution in [0.5, 0.6) is 0 Å². The second-order valence-corrected chi connectivity index (χ2v) is 8.13. The normalized spacial score (nSPS) is 36.5. The van der Waals surface area contributed by atoms with Crippen molar-refractivity contribution in [3.63, 3.8) is 0 Å². The summed E-state index contributed by atoms with van der Waals surface area (Å²) in [6.07, 6.45) is 4.84. The van der Waals surface area contributed by atoms with Crippen molar-refractivity contribution in [2.75, 3.05) is 13.1 Å². The van der Waals surface area contributed by atoms with Crippen molar-refractivity contribution in [3.05, 3.63) is 35.4 Å². The fourth-order valence-corrected chi connectivity index (χ4v) is 5.19. The molecule has 3 heterocycles. The van der Waals surface area contributed by atoms with Gasteiger partial charge in [0, 0.05) is 37.2 Å². The Morgan fingerprint density at radius 2 is 2.18 bits per heavy atom. The average Bonchev–Trinajstić information content (AvgIpc) is 2.75. The molecule has 1 aliphatic carbocycles. The van der Waals surface area contributed by atoms with Crippen LogP contribution in [0.1, 0.15) is 31.4 Å². The van der Waals surface area contributed by atoms with Crippen LogP contribution in [-0.2, 0) is 6.42 Å². The molecule has 1 aromatic rings. The van der Waals surface area contributed by atoms with Gasteiger partial charge in [-0.3, -0.25) is 9.89 Å². The van der Waals surface area contributed by atoms with Crippen LogP contribution in [0, 0.1) is 30.6 Å². The summed E-state index contributed by atoms with van der Waals surface area (Å²) in [6.45, 7) is 9.46. The highest BCUT2D eigenvalue weighted by Crippen LogP contribution is 2.48. The summed E-state index contributed by atoms with van der Waals surface area (Å²) >= 11 is 0. The predicted octanol–water partition coefficient (Wildman–Crippen LogP) is 3.58. The molecule has 3 aliphatic heterocycles. The molecule has 22 heavy (non-hydrogen) atoms. The number of hydrogen-bond acceptors (Lipinski definition) is 2. The molecular weight excluding hydrogens is 268 g/mol. The molecule has 0 aromatic heterocycles. The fraction of sp³-hybridized carbons (Fsp3) is 0.650. The van der Waals surface area contributed by atoms with Gasteiger partial charge in [-0.25, -0.2) is 0 Å². The first-order chi connectivity index (χ1) is 10.6. The Hall–Kier alpha value is -1.15. The summed E-state index contributed by atoms with van der Waals surface area (Å²) in [6, 6.07) is 10.4. The maximum Gasteiger partial charge on any atom is 0.0545 e. The van der Waals surface area contributed by atoms with Crippen LogP contribution in [0.15, 0.2) is 29.3 Å². The third kappa shape index (κ3) is 2.42. The van der Waals surface area contributed by atoms with Gasteiger partial charge in [-0.05, 0) is 37.2 Å². The number of likely N-dealkylation sites (tertiary alicyclic amines) is 1. The lowest BCUT2D eigenvalue weighted by atomic mass is 9.67. The average molecular weight is 296 g/mol. The lowest BCUT2D eigenvalue weighted by Crippen LogP contribution is -2.51. The number of benzene rings is 1. The topological polar surface area (TPSA) is 15.6 Å². The van der Waals surface area contributed by atoms with E-state index in [9.17, 15) is 0 Å². The van der Waals surface area contributed by atoms with Crippen molar-refractivity contribution < 1.29 is 0 Å². The second-order valence-electron chi connectivity index (χ2n) is 8.13. The van der Waals surface area contributed by atoms with E-state index in [2.05, 4.69) is 56.2 Å². The van der Waals surface area contributed by atoms with Crippen LogP contribution in [-0.4, -0.2) is 36.3 Å². The monoisotopic (exact) mass is 296 g/mol. The molecule has 5 rings (SSSR count). The number of hydrogen-bond donors (Lipinski definition) is 0. The molecular formula is C20H28N2. The van der Waals surface area contributed by atoms with Gasteiger partial charge in [-0.1, -0.05) is 43.7 Å². The Kier molecular flexibility index (Phi) is 3.60. The van der Waals surface area contributed by atoms with Gasteiger partial charge in [0.15, 0.2) is 0 Å². The lowest BCUT2D eigenvalue weighted by Gasteiger charge is -2.44. The van der Waals surface area contributed by atoms with Crippen LogP contribution < -0.4 is 0 Å². The summed E-state index contributed by atoms with van der Waals surface area (Å²) < 4.78 is 0. The van der Waals surface area contributed by atoms with Crippen LogP contribution >= 0.6 is 0 Å². The number of nitrogens with zero attached hydrogens (tertiary/aromatic N) is 2. The number of aryl methyl sites for hydroxylation is 1. The molecule has 5 unspecified atom stereocenters. The number of aliphatic imine (C=N–C) groups is 1. The maximum atomic E-state index is 4.90. The maximum absolute atomic E-state index is 4.90. The highest BCUT2D eigenvalue weighted by Gasteiger charge is 2.53. The van der Waals surface area contributed by atoms with E-state index >= 15 is 0 Å². The van der Waals surface area contributed by atoms with Gasteiger partial charge in [-0.2, -0.15) is 0 Å². The number of rotatable bonds is 4. The second kappa shape index (κ2) is 5.49. The smallest absolute Gasteiger partial charge is 0.0545 e. The highest BCUT2D eigenvalue weighted by atomic mass is 15.2. The summed E-state index contributed by atoms with van der Waals surface area (Å²) in [5.41, 5.74) is 2.88. The molecule has 1 aromatic carbocycles. The molecule has 1 saturated heterocycles. The third-order valence-electron chi connectivity index (χ3n) is 5.91. The van der Waals surface area contributed by atoms with Gasteiger partial charge in [0.2, 0.25) is 0 Å². The summed E-state index contributed by atoms with van der Waals surface area (Å²) in [7, 11) is 0. The zero-order valence-corrected chi connectivity index (χ0v) is 14.1. The molecule has 4 bridgehead atoms. The van der Waals surface area contributed by atoms with Gasteiger partial charge in [0.25, 0.3) is 0 Å². The van der Waals surface area contributed by atoms with E-state index in [0.717, 1.165) is 23.8 Å². The van der Waals surface area contributed by atoms with Crippen molar-refractivity contribution in [2.45, 2.75) is 45.7 Å². The zero-order valence-electron chi connectivity index (χ0n) is 14.1. The molecule has 0 N–H and O–H groups in total. The van der Waals surface area contributed by atoms with Gasteiger partial charge >= 0.3 is 0 Å². The summed E-state index contributed by atoms with van der Waals surface area (Å²) in [5, 5.41) is 0. The van der Waals surface area contributed by atoms with Crippen molar-refractivity contribution in [3.8, 4) is 0 Å². The van der Waals surface area contributed by atoms with E-state index in [1.807, 2.05) is 0 Å². The molecule has 1 saturated carbocycles. The Balaban J connectivity index is 1.60. The largest absolute Gasteiger partial charge is 0.299 e. The van der Waals surface area contributed by atoms with Crippen LogP contribution in [0.4, 0.5) is 0 Å². The van der Waals surface area contributed by atoms with E-state index in [-0.39, 0.29) is 0 Å². The van der Waals surface area contributed by atoms with Crippen molar-refractivity contribution in [2.24, 2.45) is 28.7 Å². The first-order valence-corrected chi connectivity index (χ1v) is 8.94. The summed E-state index contributed by atoms with van der Waals surface area (Å²) in [5.74, 6) is 3.07. The Labute approximate surface area is 134 Å². The first-order valence-electron chi connectivity index (χ1n) is 8.94. The van der Waals surface area contributed by atoms with Gasteiger partial charge in [0.1, 0.15) is 0 Å². The molecule has 118 valence electrons. The van der Waals surface area contributed by atoms with Crippen LogP contribution in [0.3, 0.4) is 0 Å². The first kappa shape index (κ1) is 14.4. The molecule has 4 aliphatic rings. The van der Waals surface area contributed by atoms with Crippen LogP contribution in [0.2, 0.25) is 0 Å². The van der Waals surface area contributed by atoms with Crippen LogP contribution in [0.25, 0.3) is 0 Å². The fourth-order valence-electron chi connectivity index (χ4n) is 5.19. The van der Waals surface area contributed by atoms with E-state index in [4.69, 9.17) is 4.99 Å². The predicted molar refractivity (Wildman–Crippen MR) is 92.4 cm³/mol. The third-order valence-corrected chi connectivity index (χ3v) is 5.91. The Morgan fingerprint density at radius 3 is 2.95 bits per heavy atom. The Morgan fingerprint density at radius 1 is 1.32 bits per heavy atom. The Bertz CT molecular complexity index is 577. The quantitative estimate of drug-likeness (QED) is 0.829. The van der Waals surface area contributed by atoms with E-state index in [0.29, 0.717) is 12.0 Å². The van der Waals surface area contributed by atoms with Gasteiger partial charge in [-0.15, -0.1) is 0 Å². The van der Waals surface area contributed by atoms with Gasteiger partial charge in [0.05, 0.1) is 6.04 Å². The van der Waals surface area contributed by atoms with E-state index < -0.39 is 0 Å². The molecule has 0 radical (unpaired) electrons. The minimum Gasteiger partial charge on any atom is -0.299 e. The SMILES string of the molecule is Cc1cccc(CC2C3CC4CN(CC(C)C)C2C4C=N3)c1. The lowest BCUT2D eigenvalue weighted by molar-refractivity contribution is 0.123. The standard InChI is InChI=1S/C20H28N2/c1-13(2)11-22-12-16-9-19-17(20(22)18(16)10-21-19)8-15-6-4-5-14(3)7-15/h4-7,10,13,16-20H,8-9,11-12H2,1-3H3. The zero-order chi connectivity index (χ0) is 15.3. The molecule has 5 atom stereocenters. The highest BCUT2D eigenvalue weighted by molar-refractivity contribution is 5.66. The van der Waals surface area contributed by atoms with E-state index in [1.165, 1.54) is 37.1 Å². The van der Waals surface area contributed by atoms with Crippen molar-refractivity contribution in [1.82, 2.24) is 4.90 Å². The molecule has 0 amide bonds. The minimum absolute atomic E-state index is 0.567. The summed E-state index contributed by atoms with van der Waals surface area (Å²) in [4.78, 5) is 7.70.